The number of carbonyl (C=O) groups excluding carboxylic acids is 1. The minimum atomic E-state index is -4.02. The van der Waals surface area contributed by atoms with Crippen molar-refractivity contribution < 1.29 is 22.7 Å². The SMILES string of the molecule is COc1ccc(NC(=O)CN(c2ccccc2)S(=O)(=O)c2ccc(Cl)cc2)c(OC)c1. The molecule has 162 valence electrons. The number of sulfonamides is 1. The van der Waals surface area contributed by atoms with Crippen LogP contribution in [-0.2, 0) is 14.8 Å². The molecular weight excluding hydrogens is 440 g/mol. The summed E-state index contributed by atoms with van der Waals surface area (Å²) in [6, 6.07) is 19.1. The van der Waals surface area contributed by atoms with E-state index in [4.69, 9.17) is 21.1 Å². The molecule has 0 fully saturated rings. The van der Waals surface area contributed by atoms with Crippen molar-refractivity contribution in [3.63, 3.8) is 0 Å². The monoisotopic (exact) mass is 460 g/mol. The van der Waals surface area contributed by atoms with Crippen molar-refractivity contribution in [1.29, 1.82) is 0 Å². The number of ether oxygens (including phenoxy) is 2. The lowest BCUT2D eigenvalue weighted by molar-refractivity contribution is -0.114. The summed E-state index contributed by atoms with van der Waals surface area (Å²) in [6.45, 7) is -0.440. The van der Waals surface area contributed by atoms with Crippen LogP contribution in [0.5, 0.6) is 11.5 Å². The molecule has 0 aromatic heterocycles. The van der Waals surface area contributed by atoms with E-state index in [1.807, 2.05) is 0 Å². The van der Waals surface area contributed by atoms with Gasteiger partial charge in [-0.05, 0) is 48.5 Å². The summed E-state index contributed by atoms with van der Waals surface area (Å²) in [5.74, 6) is 0.412. The Kier molecular flexibility index (Phi) is 7.04. The Hall–Kier alpha value is -3.23. The second kappa shape index (κ2) is 9.72. The number of hydrogen-bond donors (Lipinski definition) is 1. The van der Waals surface area contributed by atoms with E-state index in [1.165, 1.54) is 38.5 Å². The zero-order chi connectivity index (χ0) is 22.4. The summed E-state index contributed by atoms with van der Waals surface area (Å²) in [5.41, 5.74) is 0.750. The third-order valence-electron chi connectivity index (χ3n) is 4.42. The molecule has 3 rings (SSSR count). The zero-order valence-corrected chi connectivity index (χ0v) is 18.5. The maximum absolute atomic E-state index is 13.3. The van der Waals surface area contributed by atoms with Gasteiger partial charge in [-0.2, -0.15) is 0 Å². The van der Waals surface area contributed by atoms with Crippen molar-refractivity contribution in [3.05, 3.63) is 77.8 Å². The summed E-state index contributed by atoms with van der Waals surface area (Å²) in [7, 11) is -1.04. The molecule has 0 bridgehead atoms. The van der Waals surface area contributed by atoms with Crippen LogP contribution in [0.4, 0.5) is 11.4 Å². The van der Waals surface area contributed by atoms with Crippen LogP contribution in [-0.4, -0.2) is 35.1 Å². The highest BCUT2D eigenvalue weighted by Crippen LogP contribution is 2.30. The number of rotatable bonds is 8. The van der Waals surface area contributed by atoms with Gasteiger partial charge in [-0.1, -0.05) is 29.8 Å². The van der Waals surface area contributed by atoms with Crippen LogP contribution in [0, 0.1) is 0 Å². The Labute approximate surface area is 186 Å². The van der Waals surface area contributed by atoms with Crippen molar-refractivity contribution in [2.24, 2.45) is 0 Å². The van der Waals surface area contributed by atoms with Crippen LogP contribution in [0.3, 0.4) is 0 Å². The summed E-state index contributed by atoms with van der Waals surface area (Å²) >= 11 is 5.89. The van der Waals surface area contributed by atoms with Gasteiger partial charge in [-0.15, -0.1) is 0 Å². The molecule has 0 aliphatic heterocycles. The first-order valence-electron chi connectivity index (χ1n) is 9.20. The first kappa shape index (κ1) is 22.5. The fraction of sp³-hybridized carbons (Fsp3) is 0.136. The van der Waals surface area contributed by atoms with Crippen molar-refractivity contribution >= 4 is 38.9 Å². The van der Waals surface area contributed by atoms with E-state index in [1.54, 1.807) is 48.5 Å². The Morgan fingerprint density at radius 2 is 1.65 bits per heavy atom. The summed E-state index contributed by atoms with van der Waals surface area (Å²) in [5, 5.41) is 3.11. The molecule has 3 aromatic carbocycles. The van der Waals surface area contributed by atoms with Gasteiger partial charge in [0.25, 0.3) is 10.0 Å². The number of methoxy groups -OCH3 is 2. The van der Waals surface area contributed by atoms with Crippen LogP contribution in [0.2, 0.25) is 5.02 Å². The molecule has 7 nitrogen and oxygen atoms in total. The normalized spacial score (nSPS) is 10.9. The summed E-state index contributed by atoms with van der Waals surface area (Å²) < 4.78 is 38.1. The standard InChI is InChI=1S/C22H21ClN2O5S/c1-29-18-10-13-20(21(14-18)30-2)24-22(26)15-25(17-6-4-3-5-7-17)31(27,28)19-11-8-16(23)9-12-19/h3-14H,15H2,1-2H3,(H,24,26). The smallest absolute Gasteiger partial charge is 0.264 e. The van der Waals surface area contributed by atoms with E-state index in [9.17, 15) is 13.2 Å². The van der Waals surface area contributed by atoms with E-state index < -0.39 is 22.5 Å². The van der Waals surface area contributed by atoms with E-state index in [0.29, 0.717) is 27.9 Å². The van der Waals surface area contributed by atoms with Gasteiger partial charge in [0.1, 0.15) is 18.0 Å². The lowest BCUT2D eigenvalue weighted by atomic mass is 10.2. The van der Waals surface area contributed by atoms with Gasteiger partial charge < -0.3 is 14.8 Å². The van der Waals surface area contributed by atoms with Gasteiger partial charge in [-0.25, -0.2) is 8.42 Å². The molecule has 1 N–H and O–H groups in total. The molecule has 0 atom stereocenters. The Balaban J connectivity index is 1.91. The minimum absolute atomic E-state index is 0.0237. The number of amides is 1. The van der Waals surface area contributed by atoms with Gasteiger partial charge >= 0.3 is 0 Å². The first-order valence-corrected chi connectivity index (χ1v) is 11.0. The highest BCUT2D eigenvalue weighted by atomic mass is 35.5. The number of nitrogens with zero attached hydrogens (tertiary/aromatic N) is 1. The number of anilines is 2. The quantitative estimate of drug-likeness (QED) is 0.544. The molecule has 0 saturated carbocycles. The molecule has 3 aromatic rings. The number of benzene rings is 3. The predicted octanol–water partition coefficient (Wildman–Crippen LogP) is 4.19. The third-order valence-corrected chi connectivity index (χ3v) is 6.46. The van der Waals surface area contributed by atoms with Crippen molar-refractivity contribution in [3.8, 4) is 11.5 Å². The van der Waals surface area contributed by atoms with Crippen LogP contribution in [0.15, 0.2) is 77.7 Å². The topological polar surface area (TPSA) is 84.9 Å². The third kappa shape index (κ3) is 5.28. The summed E-state index contributed by atoms with van der Waals surface area (Å²) in [4.78, 5) is 12.8. The molecule has 0 unspecified atom stereocenters. The van der Waals surface area contributed by atoms with Crippen LogP contribution in [0.1, 0.15) is 0 Å². The number of nitrogens with one attached hydrogen (secondary N) is 1. The molecule has 0 spiro atoms. The molecule has 0 heterocycles. The first-order chi connectivity index (χ1) is 14.8. The average molecular weight is 461 g/mol. The van der Waals surface area contributed by atoms with Crippen LogP contribution < -0.4 is 19.1 Å². The molecule has 31 heavy (non-hydrogen) atoms. The van der Waals surface area contributed by atoms with Gasteiger partial charge in [0, 0.05) is 11.1 Å². The molecule has 0 aliphatic rings. The largest absolute Gasteiger partial charge is 0.497 e. The molecule has 0 aliphatic carbocycles. The number of carbonyl (C=O) groups is 1. The molecule has 9 heteroatoms. The average Bonchev–Trinajstić information content (AvgIpc) is 2.78. The zero-order valence-electron chi connectivity index (χ0n) is 16.9. The summed E-state index contributed by atoms with van der Waals surface area (Å²) in [6.07, 6.45) is 0. The number of hydrogen-bond acceptors (Lipinski definition) is 5. The van der Waals surface area contributed by atoms with Crippen molar-refractivity contribution in [1.82, 2.24) is 0 Å². The lowest BCUT2D eigenvalue weighted by Crippen LogP contribution is -2.38. The van der Waals surface area contributed by atoms with E-state index in [-0.39, 0.29) is 4.90 Å². The minimum Gasteiger partial charge on any atom is -0.497 e. The molecule has 0 radical (unpaired) electrons. The second-order valence-electron chi connectivity index (χ2n) is 6.42. The fourth-order valence-electron chi connectivity index (χ4n) is 2.87. The molecule has 1 amide bonds. The second-order valence-corrected chi connectivity index (χ2v) is 8.71. The Morgan fingerprint density at radius 1 is 0.968 bits per heavy atom. The van der Waals surface area contributed by atoms with Crippen LogP contribution in [0.25, 0.3) is 0 Å². The maximum atomic E-state index is 13.3. The van der Waals surface area contributed by atoms with Gasteiger partial charge in [0.15, 0.2) is 0 Å². The van der Waals surface area contributed by atoms with Crippen LogP contribution >= 0.6 is 11.6 Å². The highest BCUT2D eigenvalue weighted by Gasteiger charge is 2.27. The highest BCUT2D eigenvalue weighted by molar-refractivity contribution is 7.92. The number of halogens is 1. The Morgan fingerprint density at radius 3 is 2.26 bits per heavy atom. The van der Waals surface area contributed by atoms with E-state index in [0.717, 1.165) is 4.31 Å². The predicted molar refractivity (Wildman–Crippen MR) is 121 cm³/mol. The van der Waals surface area contributed by atoms with Gasteiger partial charge in [-0.3, -0.25) is 9.10 Å². The van der Waals surface area contributed by atoms with Crippen molar-refractivity contribution in [2.75, 3.05) is 30.4 Å². The van der Waals surface area contributed by atoms with E-state index in [2.05, 4.69) is 5.32 Å². The van der Waals surface area contributed by atoms with Crippen molar-refractivity contribution in [2.45, 2.75) is 4.90 Å². The van der Waals surface area contributed by atoms with Gasteiger partial charge in [0.05, 0.1) is 30.5 Å². The number of para-hydroxylation sites is 1. The molecule has 0 saturated heterocycles. The van der Waals surface area contributed by atoms with E-state index >= 15 is 0 Å². The molecular formula is C22H21ClN2O5S. The lowest BCUT2D eigenvalue weighted by Gasteiger charge is -2.24. The maximum Gasteiger partial charge on any atom is 0.264 e. The Bertz CT molecular complexity index is 1150. The van der Waals surface area contributed by atoms with Gasteiger partial charge in [0.2, 0.25) is 5.91 Å². The fourth-order valence-corrected chi connectivity index (χ4v) is 4.41.